The monoisotopic (exact) mass is 529 g/mol. The van der Waals surface area contributed by atoms with Gasteiger partial charge in [0.05, 0.1) is 17.1 Å². The third-order valence-corrected chi connectivity index (χ3v) is 7.73. The summed E-state index contributed by atoms with van der Waals surface area (Å²) in [7, 11) is -3.78. The van der Waals surface area contributed by atoms with Crippen molar-refractivity contribution in [3.8, 4) is 16.9 Å². The third-order valence-electron chi connectivity index (χ3n) is 6.12. The Morgan fingerprint density at radius 3 is 2.41 bits per heavy atom. The number of fused-ring (bicyclic) bond motifs is 1. The standard InChI is InChI=1S/C26H19F4N3O3S/c27-24-7-2-16(14-33-24)22-12-17(26(28,29)30)3-5-19(22)20-8-11-36-23-13-18(4-6-21(20)23)37(34,35)15-25-31-9-1-10-32-25/h1-7,9-10,12-14,20H,8,11,15H2/t20-/m0/s1. The highest BCUT2D eigenvalue weighted by Gasteiger charge is 2.33. The molecule has 0 saturated heterocycles. The van der Waals surface area contributed by atoms with Gasteiger partial charge in [0.1, 0.15) is 17.3 Å². The van der Waals surface area contributed by atoms with Crippen LogP contribution in [0.25, 0.3) is 11.1 Å². The number of benzene rings is 2. The maximum Gasteiger partial charge on any atom is 0.416 e. The molecule has 0 spiro atoms. The van der Waals surface area contributed by atoms with E-state index in [1.54, 1.807) is 12.1 Å². The molecule has 2 aromatic heterocycles. The van der Waals surface area contributed by atoms with Gasteiger partial charge in [0.15, 0.2) is 9.84 Å². The van der Waals surface area contributed by atoms with E-state index in [2.05, 4.69) is 15.0 Å². The van der Waals surface area contributed by atoms with Gasteiger partial charge in [-0.15, -0.1) is 0 Å². The smallest absolute Gasteiger partial charge is 0.416 e. The summed E-state index contributed by atoms with van der Waals surface area (Å²) in [5.74, 6) is -1.05. The molecule has 1 atom stereocenters. The van der Waals surface area contributed by atoms with Crippen LogP contribution < -0.4 is 4.74 Å². The quantitative estimate of drug-likeness (QED) is 0.248. The minimum atomic E-state index is -4.57. The van der Waals surface area contributed by atoms with Crippen LogP contribution in [0.1, 0.15) is 34.9 Å². The fraction of sp³-hybridized carbons (Fsp3) is 0.192. The highest BCUT2D eigenvalue weighted by molar-refractivity contribution is 7.90. The molecule has 2 aromatic carbocycles. The summed E-state index contributed by atoms with van der Waals surface area (Å²) in [4.78, 5) is 11.6. The minimum absolute atomic E-state index is 0.0229. The molecule has 0 radical (unpaired) electrons. The maximum atomic E-state index is 13.5. The molecular formula is C26H19F4N3O3S. The van der Waals surface area contributed by atoms with Crippen molar-refractivity contribution in [3.63, 3.8) is 0 Å². The average molecular weight is 530 g/mol. The van der Waals surface area contributed by atoms with Gasteiger partial charge in [0.2, 0.25) is 5.95 Å². The molecule has 0 unspecified atom stereocenters. The van der Waals surface area contributed by atoms with Gasteiger partial charge in [-0.2, -0.15) is 17.6 Å². The molecular weight excluding hydrogens is 510 g/mol. The summed E-state index contributed by atoms with van der Waals surface area (Å²) in [5.41, 5.74) is 0.958. The van der Waals surface area contributed by atoms with Crippen molar-refractivity contribution < 1.29 is 30.7 Å². The number of hydrogen-bond acceptors (Lipinski definition) is 6. The summed E-state index contributed by atoms with van der Waals surface area (Å²) in [6, 6.07) is 12.0. The van der Waals surface area contributed by atoms with Crippen molar-refractivity contribution in [1.29, 1.82) is 0 Å². The molecule has 190 valence electrons. The first-order chi connectivity index (χ1) is 17.6. The fourth-order valence-corrected chi connectivity index (χ4v) is 5.58. The molecule has 1 aliphatic rings. The maximum absolute atomic E-state index is 13.5. The minimum Gasteiger partial charge on any atom is -0.493 e. The van der Waals surface area contributed by atoms with Crippen molar-refractivity contribution in [2.24, 2.45) is 0 Å². The summed E-state index contributed by atoms with van der Waals surface area (Å²) in [5, 5.41) is 0. The Balaban J connectivity index is 1.56. The second-order valence-corrected chi connectivity index (χ2v) is 10.5. The summed E-state index contributed by atoms with van der Waals surface area (Å²) >= 11 is 0. The fourth-order valence-electron chi connectivity index (χ4n) is 4.37. The molecule has 3 heterocycles. The van der Waals surface area contributed by atoms with Crippen molar-refractivity contribution in [2.45, 2.75) is 29.2 Å². The van der Waals surface area contributed by atoms with E-state index in [-0.39, 0.29) is 28.8 Å². The van der Waals surface area contributed by atoms with E-state index in [9.17, 15) is 26.0 Å². The van der Waals surface area contributed by atoms with Gasteiger partial charge >= 0.3 is 6.18 Å². The van der Waals surface area contributed by atoms with Crippen LogP contribution in [-0.2, 0) is 21.8 Å². The van der Waals surface area contributed by atoms with E-state index in [1.807, 2.05) is 0 Å². The van der Waals surface area contributed by atoms with Crippen molar-refractivity contribution in [3.05, 3.63) is 102 Å². The molecule has 5 rings (SSSR count). The normalized spacial score (nSPS) is 15.6. The van der Waals surface area contributed by atoms with E-state index >= 15 is 0 Å². The Hall–Kier alpha value is -3.86. The van der Waals surface area contributed by atoms with Gasteiger partial charge in [-0.05, 0) is 60.0 Å². The van der Waals surface area contributed by atoms with E-state index in [4.69, 9.17) is 4.74 Å². The van der Waals surface area contributed by atoms with E-state index in [0.717, 1.165) is 18.2 Å². The zero-order chi connectivity index (χ0) is 26.2. The van der Waals surface area contributed by atoms with Crippen LogP contribution in [0.15, 0.2) is 78.1 Å². The zero-order valence-electron chi connectivity index (χ0n) is 19.1. The van der Waals surface area contributed by atoms with Crippen molar-refractivity contribution in [1.82, 2.24) is 15.0 Å². The molecule has 0 N–H and O–H groups in total. The molecule has 0 aliphatic carbocycles. The Labute approximate surface area is 209 Å². The lowest BCUT2D eigenvalue weighted by Gasteiger charge is -2.29. The first kappa shape index (κ1) is 24.8. The highest BCUT2D eigenvalue weighted by Crippen LogP contribution is 2.44. The van der Waals surface area contributed by atoms with Crippen LogP contribution >= 0.6 is 0 Å². The molecule has 0 fully saturated rings. The second kappa shape index (κ2) is 9.55. The van der Waals surface area contributed by atoms with Gasteiger partial charge < -0.3 is 4.74 Å². The zero-order valence-corrected chi connectivity index (χ0v) is 19.9. The number of alkyl halides is 3. The molecule has 4 aromatic rings. The molecule has 11 heteroatoms. The lowest BCUT2D eigenvalue weighted by molar-refractivity contribution is -0.137. The van der Waals surface area contributed by atoms with Crippen LogP contribution in [0.4, 0.5) is 17.6 Å². The predicted molar refractivity (Wildman–Crippen MR) is 126 cm³/mol. The van der Waals surface area contributed by atoms with E-state index in [1.165, 1.54) is 42.9 Å². The number of rotatable bonds is 5. The molecule has 37 heavy (non-hydrogen) atoms. The average Bonchev–Trinajstić information content (AvgIpc) is 2.88. The Morgan fingerprint density at radius 2 is 1.70 bits per heavy atom. The van der Waals surface area contributed by atoms with Gasteiger partial charge in [-0.3, -0.25) is 0 Å². The summed E-state index contributed by atoms with van der Waals surface area (Å²) < 4.78 is 85.6. The van der Waals surface area contributed by atoms with Gasteiger partial charge in [0.25, 0.3) is 0 Å². The SMILES string of the molecule is O=S(=O)(Cc1ncccn1)c1ccc2c(c1)OCC[C@H]2c1ccc(C(F)(F)F)cc1-c1ccc(F)nc1. The van der Waals surface area contributed by atoms with Gasteiger partial charge in [0, 0.05) is 35.6 Å². The highest BCUT2D eigenvalue weighted by atomic mass is 32.2. The first-order valence-corrected chi connectivity index (χ1v) is 12.9. The number of aromatic nitrogens is 3. The van der Waals surface area contributed by atoms with E-state index in [0.29, 0.717) is 28.9 Å². The second-order valence-electron chi connectivity index (χ2n) is 8.48. The molecule has 0 bridgehead atoms. The summed E-state index contributed by atoms with van der Waals surface area (Å²) in [6.45, 7) is 0.227. The van der Waals surface area contributed by atoms with Crippen LogP contribution in [0.5, 0.6) is 5.75 Å². The number of sulfone groups is 1. The lowest BCUT2D eigenvalue weighted by Crippen LogP contribution is -2.17. The largest absolute Gasteiger partial charge is 0.493 e. The van der Waals surface area contributed by atoms with Crippen molar-refractivity contribution >= 4 is 9.84 Å². The van der Waals surface area contributed by atoms with Gasteiger partial charge in [-0.1, -0.05) is 12.1 Å². The van der Waals surface area contributed by atoms with Crippen LogP contribution in [0.2, 0.25) is 0 Å². The van der Waals surface area contributed by atoms with Crippen LogP contribution in [0, 0.1) is 5.95 Å². The number of halogens is 4. The number of nitrogens with zero attached hydrogens (tertiary/aromatic N) is 3. The number of ether oxygens (including phenoxy) is 1. The predicted octanol–water partition coefficient (Wildman–Crippen LogP) is 5.58. The topological polar surface area (TPSA) is 82.0 Å². The Kier molecular flexibility index (Phi) is 6.40. The lowest BCUT2D eigenvalue weighted by atomic mass is 9.82. The summed E-state index contributed by atoms with van der Waals surface area (Å²) in [6.07, 6.45) is -0.0205. The third kappa shape index (κ3) is 5.17. The molecule has 0 amide bonds. The molecule has 1 aliphatic heterocycles. The number of hydrogen-bond donors (Lipinski definition) is 0. The number of pyridine rings is 1. The molecule has 0 saturated carbocycles. The Bertz CT molecular complexity index is 1540. The van der Waals surface area contributed by atoms with E-state index < -0.39 is 33.3 Å². The van der Waals surface area contributed by atoms with Gasteiger partial charge in [-0.25, -0.2) is 23.4 Å². The van der Waals surface area contributed by atoms with Crippen LogP contribution in [0.3, 0.4) is 0 Å². The van der Waals surface area contributed by atoms with Crippen molar-refractivity contribution in [2.75, 3.05) is 6.61 Å². The molecule has 6 nitrogen and oxygen atoms in total. The first-order valence-electron chi connectivity index (χ1n) is 11.2. The van der Waals surface area contributed by atoms with Crippen LogP contribution in [-0.4, -0.2) is 30.0 Å². The Morgan fingerprint density at radius 1 is 0.946 bits per heavy atom.